The minimum Gasteiger partial charge on any atom is -0.386 e. The fraction of sp³-hybridized carbons (Fsp3) is 0.846. The van der Waals surface area contributed by atoms with Crippen molar-refractivity contribution < 1.29 is 4.79 Å². The summed E-state index contributed by atoms with van der Waals surface area (Å²) in [4.78, 5) is 11.9. The van der Waals surface area contributed by atoms with Gasteiger partial charge in [-0.05, 0) is 26.7 Å². The number of amidine groups is 1. The molecule has 0 radical (unpaired) electrons. The van der Waals surface area contributed by atoms with E-state index in [1.54, 1.807) is 0 Å². The Labute approximate surface area is 109 Å². The molecule has 0 unspecified atom stereocenters. The van der Waals surface area contributed by atoms with Crippen molar-refractivity contribution in [2.24, 2.45) is 5.73 Å². The van der Waals surface area contributed by atoms with Gasteiger partial charge in [-0.2, -0.15) is 0 Å². The van der Waals surface area contributed by atoms with Gasteiger partial charge >= 0.3 is 6.03 Å². The number of hydrogen-bond donors (Lipinski definition) is 4. The van der Waals surface area contributed by atoms with E-state index in [0.29, 0.717) is 0 Å². The van der Waals surface area contributed by atoms with Gasteiger partial charge in [0.25, 0.3) is 0 Å². The molecule has 1 saturated carbocycles. The maximum atomic E-state index is 11.9. The van der Waals surface area contributed by atoms with Crippen molar-refractivity contribution >= 4 is 11.9 Å². The highest BCUT2D eigenvalue weighted by atomic mass is 16.2. The zero-order chi connectivity index (χ0) is 13.6. The fourth-order valence-electron chi connectivity index (χ4n) is 2.49. The second kappa shape index (κ2) is 6.61. The molecule has 0 aromatic rings. The van der Waals surface area contributed by atoms with Crippen LogP contribution in [0.25, 0.3) is 0 Å². The van der Waals surface area contributed by atoms with E-state index >= 15 is 0 Å². The maximum Gasteiger partial charge on any atom is 0.315 e. The molecule has 2 amide bonds. The summed E-state index contributed by atoms with van der Waals surface area (Å²) in [5, 5.41) is 13.6. The van der Waals surface area contributed by atoms with Crippen LogP contribution in [0.1, 0.15) is 58.8 Å². The van der Waals surface area contributed by atoms with Crippen LogP contribution in [-0.4, -0.2) is 23.4 Å². The van der Waals surface area contributed by atoms with E-state index in [1.807, 2.05) is 13.8 Å². The van der Waals surface area contributed by atoms with Gasteiger partial charge in [0.05, 0.1) is 5.54 Å². The second-order valence-electron chi connectivity index (χ2n) is 5.52. The molecule has 0 heterocycles. The molecule has 0 aliphatic heterocycles. The summed E-state index contributed by atoms with van der Waals surface area (Å²) < 4.78 is 0. The summed E-state index contributed by atoms with van der Waals surface area (Å²) in [7, 11) is 0. The van der Waals surface area contributed by atoms with Crippen molar-refractivity contribution in [3.05, 3.63) is 0 Å². The molecular formula is C13H26N4O. The molecule has 1 fully saturated rings. The number of carbonyl (C=O) groups is 1. The predicted molar refractivity (Wildman–Crippen MR) is 73.8 cm³/mol. The number of nitrogens with two attached hydrogens (primary N) is 1. The van der Waals surface area contributed by atoms with Gasteiger partial charge in [-0.1, -0.05) is 32.1 Å². The average molecular weight is 254 g/mol. The normalized spacial score (nSPS) is 19.7. The molecule has 0 spiro atoms. The first kappa shape index (κ1) is 14.8. The zero-order valence-electron chi connectivity index (χ0n) is 11.5. The number of amides is 2. The summed E-state index contributed by atoms with van der Waals surface area (Å²) in [6.45, 7) is 3.83. The lowest BCUT2D eigenvalue weighted by molar-refractivity contribution is 0.224. The van der Waals surface area contributed by atoms with Crippen molar-refractivity contribution in [2.45, 2.75) is 70.4 Å². The van der Waals surface area contributed by atoms with Gasteiger partial charge in [-0.15, -0.1) is 0 Å². The van der Waals surface area contributed by atoms with Crippen LogP contribution < -0.4 is 16.4 Å². The fourth-order valence-corrected chi connectivity index (χ4v) is 2.49. The highest BCUT2D eigenvalue weighted by molar-refractivity contribution is 5.91. The largest absolute Gasteiger partial charge is 0.386 e. The number of urea groups is 1. The van der Waals surface area contributed by atoms with Crippen LogP contribution >= 0.6 is 0 Å². The van der Waals surface area contributed by atoms with E-state index < -0.39 is 5.54 Å². The smallest absolute Gasteiger partial charge is 0.315 e. The Morgan fingerprint density at radius 2 is 1.67 bits per heavy atom. The molecule has 0 saturated heterocycles. The Hall–Kier alpha value is -1.26. The van der Waals surface area contributed by atoms with Crippen molar-refractivity contribution in [1.82, 2.24) is 10.6 Å². The van der Waals surface area contributed by atoms with Gasteiger partial charge in [0.15, 0.2) is 0 Å². The highest BCUT2D eigenvalue weighted by Gasteiger charge is 2.35. The third-order valence-electron chi connectivity index (χ3n) is 3.50. The van der Waals surface area contributed by atoms with E-state index in [2.05, 4.69) is 10.6 Å². The minimum absolute atomic E-state index is 0.0857. The molecule has 0 atom stereocenters. The first-order chi connectivity index (χ1) is 8.46. The molecule has 5 nitrogen and oxygen atoms in total. The van der Waals surface area contributed by atoms with E-state index in [0.717, 1.165) is 38.5 Å². The Bertz CT molecular complexity index is 293. The molecule has 5 N–H and O–H groups in total. The third-order valence-corrected chi connectivity index (χ3v) is 3.50. The maximum absolute atomic E-state index is 11.9. The predicted octanol–water partition coefficient (Wildman–Crippen LogP) is 2.11. The zero-order valence-corrected chi connectivity index (χ0v) is 11.5. The topological polar surface area (TPSA) is 91.0 Å². The Kier molecular flexibility index (Phi) is 5.44. The van der Waals surface area contributed by atoms with Crippen molar-refractivity contribution in [2.75, 3.05) is 0 Å². The molecule has 104 valence electrons. The van der Waals surface area contributed by atoms with Crippen molar-refractivity contribution in [1.29, 1.82) is 5.41 Å². The quantitative estimate of drug-likeness (QED) is 0.459. The van der Waals surface area contributed by atoms with Crippen molar-refractivity contribution in [3.8, 4) is 0 Å². The van der Waals surface area contributed by atoms with Crippen LogP contribution in [0, 0.1) is 5.41 Å². The van der Waals surface area contributed by atoms with Crippen LogP contribution in [0.3, 0.4) is 0 Å². The van der Waals surface area contributed by atoms with E-state index in [-0.39, 0.29) is 17.9 Å². The van der Waals surface area contributed by atoms with Crippen LogP contribution in [0.5, 0.6) is 0 Å². The van der Waals surface area contributed by atoms with E-state index in [9.17, 15) is 4.79 Å². The molecule has 1 rings (SSSR count). The lowest BCUT2D eigenvalue weighted by Crippen LogP contribution is -2.60. The summed E-state index contributed by atoms with van der Waals surface area (Å²) in [5.74, 6) is 0.0864. The van der Waals surface area contributed by atoms with E-state index in [4.69, 9.17) is 11.1 Å². The Morgan fingerprint density at radius 1 is 1.17 bits per heavy atom. The van der Waals surface area contributed by atoms with Crippen molar-refractivity contribution in [3.63, 3.8) is 0 Å². The summed E-state index contributed by atoms with van der Waals surface area (Å²) >= 11 is 0. The van der Waals surface area contributed by atoms with Crippen LogP contribution in [0.2, 0.25) is 0 Å². The van der Waals surface area contributed by atoms with Crippen LogP contribution in [0.4, 0.5) is 4.79 Å². The summed E-state index contributed by atoms with van der Waals surface area (Å²) in [6, 6.07) is -0.136. The summed E-state index contributed by atoms with van der Waals surface area (Å²) in [5.41, 5.74) is 5.10. The number of nitrogens with one attached hydrogen (secondary N) is 3. The monoisotopic (exact) mass is 254 g/mol. The molecule has 0 bridgehead atoms. The summed E-state index contributed by atoms with van der Waals surface area (Å²) in [6.07, 6.45) is 7.13. The average Bonchev–Trinajstić information content (AvgIpc) is 2.20. The molecule has 1 aliphatic rings. The third kappa shape index (κ3) is 4.20. The Morgan fingerprint density at radius 3 is 2.11 bits per heavy atom. The van der Waals surface area contributed by atoms with Gasteiger partial charge in [0.2, 0.25) is 0 Å². The molecule has 18 heavy (non-hydrogen) atoms. The first-order valence-corrected chi connectivity index (χ1v) is 6.89. The highest BCUT2D eigenvalue weighted by Crippen LogP contribution is 2.26. The molecular weight excluding hydrogens is 228 g/mol. The minimum atomic E-state index is -0.639. The molecule has 0 aromatic heterocycles. The second-order valence-corrected chi connectivity index (χ2v) is 5.52. The standard InChI is InChI=1S/C13H26N4O/c1-10(2)16-12(18)17-13(11(14)15)8-6-4-3-5-7-9-13/h10H,3-9H2,1-2H3,(H3,14,15)(H2,16,17,18). The van der Waals surface area contributed by atoms with Crippen LogP contribution in [-0.2, 0) is 0 Å². The van der Waals surface area contributed by atoms with E-state index in [1.165, 1.54) is 6.42 Å². The van der Waals surface area contributed by atoms with Gasteiger partial charge < -0.3 is 16.4 Å². The van der Waals surface area contributed by atoms with Crippen LogP contribution in [0.15, 0.2) is 0 Å². The number of rotatable bonds is 3. The first-order valence-electron chi connectivity index (χ1n) is 6.89. The number of hydrogen-bond acceptors (Lipinski definition) is 2. The lowest BCUT2D eigenvalue weighted by Gasteiger charge is -2.35. The van der Waals surface area contributed by atoms with Gasteiger partial charge in [-0.25, -0.2) is 4.79 Å². The van der Waals surface area contributed by atoms with Gasteiger partial charge in [0.1, 0.15) is 5.84 Å². The Balaban J connectivity index is 2.71. The molecule has 0 aromatic carbocycles. The molecule has 1 aliphatic carbocycles. The molecule has 5 heteroatoms. The van der Waals surface area contributed by atoms with Gasteiger partial charge in [-0.3, -0.25) is 5.41 Å². The SMILES string of the molecule is CC(C)NC(=O)NC1(C(=N)N)CCCCCCC1. The number of carbonyl (C=O) groups excluding carboxylic acids is 1. The van der Waals surface area contributed by atoms with Gasteiger partial charge in [0, 0.05) is 6.04 Å². The lowest BCUT2D eigenvalue weighted by atomic mass is 9.83.